The van der Waals surface area contributed by atoms with Gasteiger partial charge in [-0.3, -0.25) is 15.1 Å². The number of hydrogen-bond acceptors (Lipinski definition) is 5. The summed E-state index contributed by atoms with van der Waals surface area (Å²) in [4.78, 5) is 18.5. The maximum atomic E-state index is 10.6. The topological polar surface area (TPSA) is 81.0 Å². The van der Waals surface area contributed by atoms with Crippen LogP contribution in [0.4, 0.5) is 11.5 Å². The molecule has 0 radical (unpaired) electrons. The van der Waals surface area contributed by atoms with Crippen LogP contribution in [0, 0.1) is 17.0 Å². The SMILES string of the molecule is Cc1nccnc1NCc1cccc([N+](=O)[O-])c1. The number of nitrogens with zero attached hydrogens (tertiary/aromatic N) is 3. The second-order valence-electron chi connectivity index (χ2n) is 3.77. The molecule has 0 saturated heterocycles. The fourth-order valence-corrected chi connectivity index (χ4v) is 1.55. The summed E-state index contributed by atoms with van der Waals surface area (Å²) in [7, 11) is 0. The first kappa shape index (κ1) is 12.0. The molecule has 1 aromatic carbocycles. The molecule has 2 aromatic rings. The van der Waals surface area contributed by atoms with Gasteiger partial charge in [0.2, 0.25) is 0 Å². The summed E-state index contributed by atoms with van der Waals surface area (Å²) >= 11 is 0. The molecule has 0 aliphatic rings. The van der Waals surface area contributed by atoms with Gasteiger partial charge in [0.1, 0.15) is 5.82 Å². The zero-order valence-electron chi connectivity index (χ0n) is 9.83. The van der Waals surface area contributed by atoms with Gasteiger partial charge in [-0.05, 0) is 12.5 Å². The van der Waals surface area contributed by atoms with E-state index in [-0.39, 0.29) is 5.69 Å². The fourth-order valence-electron chi connectivity index (χ4n) is 1.55. The smallest absolute Gasteiger partial charge is 0.269 e. The van der Waals surface area contributed by atoms with Crippen molar-refractivity contribution in [2.45, 2.75) is 13.5 Å². The van der Waals surface area contributed by atoms with Crippen LogP contribution in [-0.2, 0) is 6.54 Å². The Morgan fingerprint density at radius 3 is 2.83 bits per heavy atom. The minimum absolute atomic E-state index is 0.0881. The third kappa shape index (κ3) is 2.79. The number of nitrogens with one attached hydrogen (secondary N) is 1. The third-order valence-corrected chi connectivity index (χ3v) is 2.46. The average Bonchev–Trinajstić information content (AvgIpc) is 2.38. The van der Waals surface area contributed by atoms with E-state index in [1.807, 2.05) is 13.0 Å². The standard InChI is InChI=1S/C12H12N4O2/c1-9-12(14-6-5-13-9)15-8-10-3-2-4-11(7-10)16(17)18/h2-7H,8H2,1H3,(H,14,15). The van der Waals surface area contributed by atoms with Crippen LogP contribution in [0.5, 0.6) is 0 Å². The van der Waals surface area contributed by atoms with Gasteiger partial charge in [0.15, 0.2) is 0 Å². The van der Waals surface area contributed by atoms with E-state index in [2.05, 4.69) is 15.3 Å². The minimum atomic E-state index is -0.406. The highest BCUT2D eigenvalue weighted by molar-refractivity contribution is 5.41. The highest BCUT2D eigenvalue weighted by Gasteiger charge is 2.06. The third-order valence-electron chi connectivity index (χ3n) is 2.46. The summed E-state index contributed by atoms with van der Waals surface area (Å²) in [5, 5.41) is 13.7. The second kappa shape index (κ2) is 5.22. The van der Waals surface area contributed by atoms with Crippen LogP contribution >= 0.6 is 0 Å². The summed E-state index contributed by atoms with van der Waals surface area (Å²) < 4.78 is 0. The summed E-state index contributed by atoms with van der Waals surface area (Å²) in [6.45, 7) is 2.32. The highest BCUT2D eigenvalue weighted by Crippen LogP contribution is 2.14. The first-order valence-corrected chi connectivity index (χ1v) is 5.41. The van der Waals surface area contributed by atoms with Gasteiger partial charge in [0.05, 0.1) is 10.6 Å². The van der Waals surface area contributed by atoms with Crippen LogP contribution in [0.3, 0.4) is 0 Å². The molecule has 0 bridgehead atoms. The average molecular weight is 244 g/mol. The number of anilines is 1. The van der Waals surface area contributed by atoms with Crippen LogP contribution in [0.25, 0.3) is 0 Å². The van der Waals surface area contributed by atoms with Crippen LogP contribution in [0.2, 0.25) is 0 Å². The molecule has 1 heterocycles. The molecule has 0 saturated carbocycles. The first-order chi connectivity index (χ1) is 8.66. The number of nitro groups is 1. The Bertz CT molecular complexity index is 572. The van der Waals surface area contributed by atoms with Gasteiger partial charge >= 0.3 is 0 Å². The van der Waals surface area contributed by atoms with Crippen molar-refractivity contribution < 1.29 is 4.92 Å². The summed E-state index contributed by atoms with van der Waals surface area (Å²) in [6.07, 6.45) is 3.22. The van der Waals surface area contributed by atoms with E-state index in [4.69, 9.17) is 0 Å². The Hall–Kier alpha value is -2.50. The fraction of sp³-hybridized carbons (Fsp3) is 0.167. The predicted octanol–water partition coefficient (Wildman–Crippen LogP) is 2.31. The van der Waals surface area contributed by atoms with Crippen LogP contribution in [-0.4, -0.2) is 14.9 Å². The lowest BCUT2D eigenvalue weighted by molar-refractivity contribution is -0.384. The number of rotatable bonds is 4. The monoisotopic (exact) mass is 244 g/mol. The summed E-state index contributed by atoms with van der Waals surface area (Å²) in [6, 6.07) is 6.50. The molecule has 0 spiro atoms. The van der Waals surface area contributed by atoms with Gasteiger partial charge in [-0.25, -0.2) is 4.98 Å². The molecular formula is C12H12N4O2. The molecule has 0 aliphatic heterocycles. The minimum Gasteiger partial charge on any atom is -0.364 e. The van der Waals surface area contributed by atoms with Gasteiger partial charge in [0, 0.05) is 31.1 Å². The molecule has 1 N–H and O–H groups in total. The number of aromatic nitrogens is 2. The van der Waals surface area contributed by atoms with E-state index >= 15 is 0 Å². The molecule has 0 aliphatic carbocycles. The van der Waals surface area contributed by atoms with Crippen molar-refractivity contribution >= 4 is 11.5 Å². The quantitative estimate of drug-likeness (QED) is 0.659. The molecule has 2 rings (SSSR count). The Balaban J connectivity index is 2.09. The van der Waals surface area contributed by atoms with Crippen LogP contribution < -0.4 is 5.32 Å². The van der Waals surface area contributed by atoms with Crippen molar-refractivity contribution in [3.8, 4) is 0 Å². The predicted molar refractivity (Wildman–Crippen MR) is 67.2 cm³/mol. The van der Waals surface area contributed by atoms with Crippen molar-refractivity contribution in [2.75, 3.05) is 5.32 Å². The molecular weight excluding hydrogens is 232 g/mol. The number of aryl methyl sites for hydroxylation is 1. The lowest BCUT2D eigenvalue weighted by atomic mass is 10.2. The first-order valence-electron chi connectivity index (χ1n) is 5.41. The van der Waals surface area contributed by atoms with Crippen molar-refractivity contribution in [1.29, 1.82) is 0 Å². The van der Waals surface area contributed by atoms with E-state index in [9.17, 15) is 10.1 Å². The molecule has 0 fully saturated rings. The molecule has 6 nitrogen and oxygen atoms in total. The Morgan fingerprint density at radius 2 is 2.11 bits per heavy atom. The maximum Gasteiger partial charge on any atom is 0.269 e. The largest absolute Gasteiger partial charge is 0.364 e. The molecule has 18 heavy (non-hydrogen) atoms. The lowest BCUT2D eigenvalue weighted by Gasteiger charge is -2.07. The number of benzene rings is 1. The van der Waals surface area contributed by atoms with Crippen molar-refractivity contribution in [3.05, 3.63) is 58.0 Å². The second-order valence-corrected chi connectivity index (χ2v) is 3.77. The zero-order chi connectivity index (χ0) is 13.0. The van der Waals surface area contributed by atoms with E-state index in [0.717, 1.165) is 11.3 Å². The molecule has 6 heteroatoms. The summed E-state index contributed by atoms with van der Waals surface area (Å²) in [5.41, 5.74) is 1.71. The van der Waals surface area contributed by atoms with Gasteiger partial charge in [-0.15, -0.1) is 0 Å². The summed E-state index contributed by atoms with van der Waals surface area (Å²) in [5.74, 6) is 0.684. The van der Waals surface area contributed by atoms with Gasteiger partial charge in [-0.1, -0.05) is 12.1 Å². The van der Waals surface area contributed by atoms with Crippen molar-refractivity contribution in [3.63, 3.8) is 0 Å². The zero-order valence-corrected chi connectivity index (χ0v) is 9.83. The normalized spacial score (nSPS) is 10.1. The lowest BCUT2D eigenvalue weighted by Crippen LogP contribution is -2.04. The van der Waals surface area contributed by atoms with E-state index in [0.29, 0.717) is 12.4 Å². The van der Waals surface area contributed by atoms with Gasteiger partial charge < -0.3 is 5.32 Å². The van der Waals surface area contributed by atoms with Crippen molar-refractivity contribution in [1.82, 2.24) is 9.97 Å². The number of non-ortho nitro benzene ring substituents is 1. The molecule has 1 aromatic heterocycles. The van der Waals surface area contributed by atoms with Crippen molar-refractivity contribution in [2.24, 2.45) is 0 Å². The maximum absolute atomic E-state index is 10.6. The Morgan fingerprint density at radius 1 is 1.33 bits per heavy atom. The Labute approximate surface area is 104 Å². The molecule has 92 valence electrons. The number of hydrogen-bond donors (Lipinski definition) is 1. The van der Waals surface area contributed by atoms with Crippen LogP contribution in [0.1, 0.15) is 11.3 Å². The van der Waals surface area contributed by atoms with Gasteiger partial charge in [0.25, 0.3) is 5.69 Å². The van der Waals surface area contributed by atoms with Crippen LogP contribution in [0.15, 0.2) is 36.7 Å². The molecule has 0 unspecified atom stereocenters. The van der Waals surface area contributed by atoms with E-state index in [1.54, 1.807) is 24.5 Å². The number of nitro benzene ring substituents is 1. The highest BCUT2D eigenvalue weighted by atomic mass is 16.6. The van der Waals surface area contributed by atoms with E-state index < -0.39 is 4.92 Å². The Kier molecular flexibility index (Phi) is 3.47. The molecule has 0 atom stereocenters. The van der Waals surface area contributed by atoms with Gasteiger partial charge in [-0.2, -0.15) is 0 Å². The van der Waals surface area contributed by atoms with E-state index in [1.165, 1.54) is 6.07 Å². The molecule has 0 amide bonds.